The number of hydrogen-bond donors (Lipinski definition) is 0. The lowest BCUT2D eigenvalue weighted by Gasteiger charge is -2.35. The molecule has 9 aromatic carbocycles. The number of aromatic nitrogens is 2. The Hall–Kier alpha value is -9.60. The molecule has 0 aliphatic rings. The van der Waals surface area contributed by atoms with Crippen molar-refractivity contribution in [2.45, 2.75) is 19.5 Å². The molecule has 0 saturated carbocycles. The van der Waals surface area contributed by atoms with E-state index in [0.29, 0.717) is 13.1 Å². The van der Waals surface area contributed by atoms with Crippen LogP contribution >= 0.6 is 0 Å². The normalized spacial score (nSPS) is 12.1. The summed E-state index contributed by atoms with van der Waals surface area (Å²) < 4.78 is 2.38. The van der Waals surface area contributed by atoms with Crippen molar-refractivity contribution < 1.29 is 0 Å². The van der Waals surface area contributed by atoms with Crippen LogP contribution in [0.15, 0.2) is 270 Å². The number of fused-ring (bicyclic) bond motifs is 4. The van der Waals surface area contributed by atoms with Crippen LogP contribution in [0.3, 0.4) is 0 Å². The molecule has 0 radical (unpaired) electrons. The van der Waals surface area contributed by atoms with Gasteiger partial charge in [-0.25, -0.2) is 0 Å². The van der Waals surface area contributed by atoms with Crippen molar-refractivity contribution in [3.05, 3.63) is 272 Å². The third-order valence-corrected chi connectivity index (χ3v) is 13.2. The molecule has 1 unspecified atom stereocenters. The Morgan fingerprint density at radius 3 is 1.49 bits per heavy atom. The van der Waals surface area contributed by atoms with Gasteiger partial charge >= 0.3 is 0 Å². The maximum absolute atomic E-state index is 5.41. The van der Waals surface area contributed by atoms with Crippen LogP contribution in [0, 0.1) is 0 Å². The van der Waals surface area contributed by atoms with Gasteiger partial charge in [-0.2, -0.15) is 15.3 Å². The van der Waals surface area contributed by atoms with Gasteiger partial charge in [-0.3, -0.25) is 20.0 Å². The second-order valence-corrected chi connectivity index (χ2v) is 18.0. The lowest BCUT2D eigenvalue weighted by molar-refractivity contribution is 0.576. The molecule has 2 heterocycles. The Bertz CT molecular complexity index is 3630. The number of benzene rings is 9. The number of rotatable bonds is 18. The largest absolute Gasteiger partial charge is 0.341 e. The molecule has 9 nitrogen and oxygen atoms in total. The van der Waals surface area contributed by atoms with Crippen LogP contribution in [0.1, 0.15) is 23.6 Å². The number of pyridine rings is 1. The van der Waals surface area contributed by atoms with Gasteiger partial charge in [0.05, 0.1) is 60.4 Å². The number of anilines is 6. The first-order valence-electron chi connectivity index (χ1n) is 25.1. The highest BCUT2D eigenvalue weighted by Crippen LogP contribution is 2.35. The second kappa shape index (κ2) is 22.2. The average Bonchev–Trinajstić information content (AvgIpc) is 3.79. The van der Waals surface area contributed by atoms with E-state index < -0.39 is 0 Å². The Labute approximate surface area is 432 Å². The molecule has 9 heteroatoms. The lowest BCUT2D eigenvalue weighted by atomic mass is 10.1. The number of nitrogens with zero attached hydrogens (tertiary/aromatic N) is 9. The summed E-state index contributed by atoms with van der Waals surface area (Å²) >= 11 is 0. The highest BCUT2D eigenvalue weighted by Gasteiger charge is 2.26. The third kappa shape index (κ3) is 10.4. The Balaban J connectivity index is 0.995. The quantitative estimate of drug-likeness (QED) is 0.0633. The van der Waals surface area contributed by atoms with Crippen LogP contribution in [0.2, 0.25) is 0 Å². The van der Waals surface area contributed by atoms with Gasteiger partial charge in [-0.15, -0.1) is 0 Å². The van der Waals surface area contributed by atoms with Crippen LogP contribution in [0.5, 0.6) is 0 Å². The zero-order chi connectivity index (χ0) is 49.9. The molecule has 74 heavy (non-hydrogen) atoms. The molecule has 1 atom stereocenters. The van der Waals surface area contributed by atoms with Crippen LogP contribution in [-0.2, 0) is 6.54 Å². The maximum atomic E-state index is 5.41. The van der Waals surface area contributed by atoms with Crippen molar-refractivity contribution in [1.82, 2.24) is 9.55 Å². The fourth-order valence-electron chi connectivity index (χ4n) is 9.63. The van der Waals surface area contributed by atoms with Gasteiger partial charge < -0.3 is 9.47 Å². The summed E-state index contributed by atoms with van der Waals surface area (Å²) in [5.41, 5.74) is 12.3. The molecule has 11 aromatic rings. The number of para-hydroxylation sites is 7. The van der Waals surface area contributed by atoms with Crippen LogP contribution in [-0.4, -0.2) is 47.3 Å². The van der Waals surface area contributed by atoms with Crippen molar-refractivity contribution in [1.29, 1.82) is 0 Å². The molecule has 0 fully saturated rings. The lowest BCUT2D eigenvalue weighted by Crippen LogP contribution is -2.47. The molecule has 0 saturated heterocycles. The van der Waals surface area contributed by atoms with E-state index in [1.54, 1.807) is 0 Å². The van der Waals surface area contributed by atoms with Gasteiger partial charge in [0, 0.05) is 62.6 Å². The number of aryl methyl sites for hydroxylation is 1. The minimum Gasteiger partial charge on any atom is -0.341 e. The van der Waals surface area contributed by atoms with Gasteiger partial charge in [0.2, 0.25) is 0 Å². The summed E-state index contributed by atoms with van der Waals surface area (Å²) in [6.45, 7) is 3.95. The van der Waals surface area contributed by atoms with E-state index in [-0.39, 0.29) is 6.04 Å². The Kier molecular flexibility index (Phi) is 14.0. The fourth-order valence-corrected chi connectivity index (χ4v) is 9.63. The van der Waals surface area contributed by atoms with Crippen LogP contribution < -0.4 is 19.9 Å². The smallest absolute Gasteiger partial charge is 0.0917 e. The summed E-state index contributed by atoms with van der Waals surface area (Å²) in [5.74, 6) is 0. The molecule has 0 aliphatic carbocycles. The number of hydrazone groups is 3. The molecule has 0 amide bonds. The first-order valence-corrected chi connectivity index (χ1v) is 25.1. The van der Waals surface area contributed by atoms with Crippen molar-refractivity contribution in [2.24, 2.45) is 15.3 Å². The van der Waals surface area contributed by atoms with E-state index in [1.165, 1.54) is 21.8 Å². The van der Waals surface area contributed by atoms with Gasteiger partial charge in [0.1, 0.15) is 0 Å². The van der Waals surface area contributed by atoms with E-state index in [0.717, 1.165) is 68.3 Å². The van der Waals surface area contributed by atoms with Crippen LogP contribution in [0.4, 0.5) is 34.1 Å². The van der Waals surface area contributed by atoms with E-state index in [9.17, 15) is 0 Å². The minimum atomic E-state index is -0.339. The first kappa shape index (κ1) is 46.8. The second-order valence-electron chi connectivity index (χ2n) is 18.0. The maximum Gasteiger partial charge on any atom is 0.0917 e. The Morgan fingerprint density at radius 2 is 0.892 bits per heavy atom. The van der Waals surface area contributed by atoms with Crippen LogP contribution in [0.25, 0.3) is 32.7 Å². The predicted molar refractivity (Wildman–Crippen MR) is 311 cm³/mol. The molecule has 0 bridgehead atoms. The predicted octanol–water partition coefficient (Wildman–Crippen LogP) is 15.1. The topological polar surface area (TPSA) is 67.9 Å². The van der Waals surface area contributed by atoms with Gasteiger partial charge in [0.25, 0.3) is 0 Å². The molecule has 0 aliphatic heterocycles. The van der Waals surface area contributed by atoms with Crippen molar-refractivity contribution >= 4 is 85.5 Å². The summed E-state index contributed by atoms with van der Waals surface area (Å²) in [6.07, 6.45) is 7.72. The summed E-state index contributed by atoms with van der Waals surface area (Å²) in [5, 5.41) is 25.8. The monoisotopic (exact) mass is 961 g/mol. The third-order valence-electron chi connectivity index (χ3n) is 13.2. The molecular weight excluding hydrogens is 907 g/mol. The average molecular weight is 962 g/mol. The van der Waals surface area contributed by atoms with Crippen molar-refractivity contribution in [3.8, 4) is 0 Å². The zero-order valence-electron chi connectivity index (χ0n) is 41.2. The SMILES string of the molecule is CCn1c2ccccc2c2cc(/C=N/N(CC(CN(/N=C/c3ccc(N(c4ccccc4)c4ccccc4)cc3)c3ccccc3)N(/N=C/c3ccnc4ccccc34)c3ccccc3)c3ccccc3)ccc21. The van der Waals surface area contributed by atoms with Gasteiger partial charge in [-0.05, 0) is 121 Å². The van der Waals surface area contributed by atoms with Gasteiger partial charge in [-0.1, -0.05) is 146 Å². The molecule has 11 rings (SSSR count). The fraction of sp³-hybridized carbons (Fsp3) is 0.0769. The molecule has 0 N–H and O–H groups in total. The highest BCUT2D eigenvalue weighted by molar-refractivity contribution is 6.09. The first-order chi connectivity index (χ1) is 36.7. The molecule has 0 spiro atoms. The number of hydrogen-bond acceptors (Lipinski definition) is 8. The zero-order valence-corrected chi connectivity index (χ0v) is 41.2. The summed E-state index contributed by atoms with van der Waals surface area (Å²) in [6, 6.07) is 85.7. The highest BCUT2D eigenvalue weighted by atomic mass is 15.5. The molecular formula is C65H55N9. The van der Waals surface area contributed by atoms with E-state index in [1.807, 2.05) is 79.4 Å². The van der Waals surface area contributed by atoms with E-state index in [2.05, 4.69) is 231 Å². The minimum absolute atomic E-state index is 0.339. The van der Waals surface area contributed by atoms with Crippen molar-refractivity contribution in [3.63, 3.8) is 0 Å². The molecule has 360 valence electrons. The standard InChI is InChI=1S/C65H55N9/c1-2-70-64-35-21-19-33-61(64)62-44-51(38-41-65(62)70)46-68-72(54-24-10-4-11-25-54)49-59(74(58-30-16-7-17-31-58)69-47-52-42-43-66-63-34-20-18-32-60(52)63)48-71(53-22-8-3-9-23-53)67-45-50-36-39-57(40-37-50)73(55-26-12-5-13-27-55)56-28-14-6-15-29-56/h3-47,59H,2,48-49H2,1H3/b67-45+,68-46+,69-47+. The van der Waals surface area contributed by atoms with E-state index in [4.69, 9.17) is 15.3 Å². The van der Waals surface area contributed by atoms with Gasteiger partial charge in [0.15, 0.2) is 0 Å². The van der Waals surface area contributed by atoms with Crippen molar-refractivity contribution in [2.75, 3.05) is 33.0 Å². The Morgan fingerprint density at radius 1 is 0.419 bits per heavy atom. The van der Waals surface area contributed by atoms with E-state index >= 15 is 0 Å². The summed E-state index contributed by atoms with van der Waals surface area (Å²) in [7, 11) is 0. The molecule has 2 aromatic heterocycles. The summed E-state index contributed by atoms with van der Waals surface area (Å²) in [4.78, 5) is 6.92.